The van der Waals surface area contributed by atoms with Crippen LogP contribution >= 0.6 is 0 Å². The Kier molecular flexibility index (Phi) is 6.86. The van der Waals surface area contributed by atoms with E-state index in [0.29, 0.717) is 6.61 Å². The van der Waals surface area contributed by atoms with Crippen LogP contribution in [0.25, 0.3) is 11.2 Å². The van der Waals surface area contributed by atoms with Gasteiger partial charge in [0.05, 0.1) is 12.8 Å². The van der Waals surface area contributed by atoms with Crippen molar-refractivity contribution in [1.29, 1.82) is 0 Å². The van der Waals surface area contributed by atoms with Gasteiger partial charge < -0.3 is 30.1 Å². The second kappa shape index (κ2) is 10.9. The van der Waals surface area contributed by atoms with E-state index in [1.807, 2.05) is 36.9 Å². The number of benzene rings is 2. The molecule has 2 saturated heterocycles. The van der Waals surface area contributed by atoms with Gasteiger partial charge in [-0.1, -0.05) is 24.3 Å². The van der Waals surface area contributed by atoms with E-state index in [0.717, 1.165) is 98.6 Å². The van der Waals surface area contributed by atoms with Crippen LogP contribution in [0.3, 0.4) is 0 Å². The number of fused-ring (bicyclic) bond motifs is 3. The number of aromatic nitrogens is 4. The van der Waals surface area contributed by atoms with Crippen LogP contribution in [0.5, 0.6) is 5.75 Å². The van der Waals surface area contributed by atoms with Gasteiger partial charge in [-0.15, -0.1) is 5.10 Å². The lowest BCUT2D eigenvalue weighted by atomic mass is 9.66. The summed E-state index contributed by atoms with van der Waals surface area (Å²) < 4.78 is 7.80. The fourth-order valence-electron chi connectivity index (χ4n) is 8.39. The summed E-state index contributed by atoms with van der Waals surface area (Å²) in [6.07, 6.45) is 7.25. The van der Waals surface area contributed by atoms with Gasteiger partial charge in [-0.05, 0) is 98.6 Å². The molecule has 1 unspecified atom stereocenters. The van der Waals surface area contributed by atoms with Crippen molar-refractivity contribution in [3.8, 4) is 5.75 Å². The van der Waals surface area contributed by atoms with E-state index in [1.165, 1.54) is 11.1 Å². The lowest BCUT2D eigenvalue weighted by molar-refractivity contribution is -0.104. The fourth-order valence-corrected chi connectivity index (χ4v) is 8.39. The van der Waals surface area contributed by atoms with E-state index in [-0.39, 0.29) is 23.3 Å². The number of ether oxygens (including phenoxy) is 1. The zero-order valence-electron chi connectivity index (χ0n) is 26.4. The second-order valence-electron chi connectivity index (χ2n) is 14.1. The molecule has 1 amide bonds. The normalized spacial score (nSPS) is 22.0. The van der Waals surface area contributed by atoms with Crippen LogP contribution in [-0.2, 0) is 17.6 Å². The molecule has 2 atom stereocenters. The summed E-state index contributed by atoms with van der Waals surface area (Å²) in [6.45, 7) is 7.20. The van der Waals surface area contributed by atoms with Crippen molar-refractivity contribution < 1.29 is 19.7 Å². The first kappa shape index (κ1) is 29.1. The van der Waals surface area contributed by atoms with E-state index in [1.54, 1.807) is 6.07 Å². The van der Waals surface area contributed by atoms with E-state index >= 15 is 0 Å². The van der Waals surface area contributed by atoms with Crippen molar-refractivity contribution in [1.82, 2.24) is 25.1 Å². The van der Waals surface area contributed by atoms with Crippen LogP contribution in [-0.4, -0.2) is 67.8 Å². The standard InChI is InChI=1S/C35H41N7O4/c1-34(2,38-33(44)45)20-26-25-8-4-3-6-23(25)19-35(26)12-15-40(16-13-35)28-21-36-30-31(37-28)42(29-11-17-46-29)39-32(30)41-14-5-7-22-18-24(43)9-10-27(22)41/h3-4,6,8-10,18,21,26,29,38,43H,5,7,11-17,19-20H2,1-2H3,(H,44,45)/t26-,29?/m1/s1. The van der Waals surface area contributed by atoms with Gasteiger partial charge in [-0.3, -0.25) is 0 Å². The molecule has 3 N–H and O–H groups in total. The van der Waals surface area contributed by atoms with Crippen LogP contribution in [0.2, 0.25) is 0 Å². The molecule has 2 aromatic carbocycles. The lowest BCUT2D eigenvalue weighted by Gasteiger charge is -2.45. The van der Waals surface area contributed by atoms with E-state index in [9.17, 15) is 15.0 Å². The van der Waals surface area contributed by atoms with Gasteiger partial charge in [-0.25, -0.2) is 19.4 Å². The Balaban J connectivity index is 1.09. The minimum Gasteiger partial charge on any atom is -0.508 e. The third kappa shape index (κ3) is 4.92. The topological polar surface area (TPSA) is 129 Å². The second-order valence-corrected chi connectivity index (χ2v) is 14.1. The molecular formula is C35H41N7O4. The number of aryl methyl sites for hydroxylation is 1. The Labute approximate surface area is 268 Å². The van der Waals surface area contributed by atoms with E-state index in [2.05, 4.69) is 39.4 Å². The van der Waals surface area contributed by atoms with Crippen LogP contribution < -0.4 is 15.1 Å². The number of nitrogens with zero attached hydrogens (tertiary/aromatic N) is 6. The number of carbonyl (C=O) groups is 1. The predicted molar refractivity (Wildman–Crippen MR) is 175 cm³/mol. The Hall–Kier alpha value is -4.38. The van der Waals surface area contributed by atoms with Crippen LogP contribution in [0.15, 0.2) is 48.7 Å². The molecule has 46 heavy (non-hydrogen) atoms. The summed E-state index contributed by atoms with van der Waals surface area (Å²) in [5.41, 5.74) is 5.93. The predicted octanol–water partition coefficient (Wildman–Crippen LogP) is 5.90. The highest BCUT2D eigenvalue weighted by molar-refractivity contribution is 5.88. The number of phenolic OH excluding ortho intramolecular Hbond substituents is 1. The first-order valence-electron chi connectivity index (χ1n) is 16.5. The van der Waals surface area contributed by atoms with E-state index < -0.39 is 11.6 Å². The Morgan fingerprint density at radius 3 is 2.70 bits per heavy atom. The molecule has 0 bridgehead atoms. The van der Waals surface area contributed by atoms with Gasteiger partial charge >= 0.3 is 6.09 Å². The molecule has 11 heteroatoms. The molecule has 2 fully saturated rings. The van der Waals surface area contributed by atoms with Crippen molar-refractivity contribution in [2.45, 2.75) is 76.5 Å². The number of rotatable bonds is 6. The summed E-state index contributed by atoms with van der Waals surface area (Å²) in [5.74, 6) is 2.17. The number of carboxylic acid groups (broad SMARTS) is 1. The maximum absolute atomic E-state index is 11.6. The Morgan fingerprint density at radius 1 is 1.13 bits per heavy atom. The van der Waals surface area contributed by atoms with Crippen LogP contribution in [0.4, 0.5) is 22.1 Å². The summed E-state index contributed by atoms with van der Waals surface area (Å²) in [7, 11) is 0. The number of phenols is 1. The molecule has 4 aromatic rings. The van der Waals surface area contributed by atoms with Gasteiger partial charge in [0.2, 0.25) is 0 Å². The van der Waals surface area contributed by atoms with Crippen molar-refractivity contribution in [2.75, 3.05) is 36.0 Å². The van der Waals surface area contributed by atoms with Crippen molar-refractivity contribution in [3.05, 3.63) is 65.4 Å². The Bertz CT molecular complexity index is 1810. The number of hydrogen-bond acceptors (Lipinski definition) is 8. The van der Waals surface area contributed by atoms with Gasteiger partial charge in [0, 0.05) is 37.3 Å². The van der Waals surface area contributed by atoms with E-state index in [4.69, 9.17) is 19.8 Å². The molecule has 3 aliphatic heterocycles. The largest absolute Gasteiger partial charge is 0.508 e. The molecule has 240 valence electrons. The smallest absolute Gasteiger partial charge is 0.405 e. The summed E-state index contributed by atoms with van der Waals surface area (Å²) in [4.78, 5) is 26.3. The molecule has 5 heterocycles. The third-order valence-corrected chi connectivity index (χ3v) is 10.7. The SMILES string of the molecule is CC(C)(C[C@@H]1c2ccccc2CC12CCN(c1cnc3c(N4CCCc5cc(O)ccc54)nn(C4CCO4)c3n1)CC2)NC(=O)O. The first-order chi connectivity index (χ1) is 22.2. The van der Waals surface area contributed by atoms with Gasteiger partial charge in [0.25, 0.3) is 0 Å². The van der Waals surface area contributed by atoms with Crippen LogP contribution in [0, 0.1) is 5.41 Å². The highest BCUT2D eigenvalue weighted by atomic mass is 16.5. The first-order valence-corrected chi connectivity index (χ1v) is 16.5. The molecule has 0 saturated carbocycles. The minimum absolute atomic E-state index is 0.0694. The Morgan fingerprint density at radius 2 is 1.93 bits per heavy atom. The average Bonchev–Trinajstić information content (AvgIpc) is 3.50. The molecule has 2 aromatic heterocycles. The highest BCUT2D eigenvalue weighted by Crippen LogP contribution is 2.56. The number of amides is 1. The monoisotopic (exact) mass is 623 g/mol. The maximum atomic E-state index is 11.6. The average molecular weight is 624 g/mol. The third-order valence-electron chi connectivity index (χ3n) is 10.7. The number of hydrogen-bond donors (Lipinski definition) is 3. The quantitative estimate of drug-likeness (QED) is 0.241. The zero-order valence-corrected chi connectivity index (χ0v) is 26.4. The van der Waals surface area contributed by atoms with Crippen LogP contribution in [0.1, 0.15) is 74.8 Å². The molecule has 11 nitrogen and oxygen atoms in total. The summed E-state index contributed by atoms with van der Waals surface area (Å²) in [5, 5.41) is 27.4. The molecule has 1 spiro atoms. The van der Waals surface area contributed by atoms with Crippen molar-refractivity contribution in [2.24, 2.45) is 5.41 Å². The minimum atomic E-state index is -0.979. The lowest BCUT2D eigenvalue weighted by Crippen LogP contribution is -2.48. The number of piperidine rings is 1. The fraction of sp³-hybridized carbons (Fsp3) is 0.486. The van der Waals surface area contributed by atoms with Crippen molar-refractivity contribution in [3.63, 3.8) is 0 Å². The summed E-state index contributed by atoms with van der Waals surface area (Å²) >= 11 is 0. The summed E-state index contributed by atoms with van der Waals surface area (Å²) in [6, 6.07) is 14.2. The molecule has 0 radical (unpaired) electrons. The number of nitrogens with one attached hydrogen (secondary N) is 1. The maximum Gasteiger partial charge on any atom is 0.405 e. The molecular weight excluding hydrogens is 582 g/mol. The highest BCUT2D eigenvalue weighted by Gasteiger charge is 2.49. The zero-order chi connectivity index (χ0) is 31.6. The van der Waals surface area contributed by atoms with Gasteiger partial charge in [0.1, 0.15) is 11.6 Å². The van der Waals surface area contributed by atoms with Crippen molar-refractivity contribution >= 4 is 34.6 Å². The number of aromatic hydroxyl groups is 1. The molecule has 8 rings (SSSR count). The number of anilines is 3. The molecule has 4 aliphatic rings. The van der Waals surface area contributed by atoms with Gasteiger partial charge in [-0.2, -0.15) is 0 Å². The molecule has 1 aliphatic carbocycles. The van der Waals surface area contributed by atoms with Gasteiger partial charge in [0.15, 0.2) is 23.2 Å².